The van der Waals surface area contributed by atoms with Gasteiger partial charge in [0.1, 0.15) is 5.82 Å². The molecule has 0 saturated carbocycles. The van der Waals surface area contributed by atoms with Gasteiger partial charge in [0, 0.05) is 56.1 Å². The number of nitrogens with one attached hydrogen (secondary N) is 1. The Hall–Kier alpha value is -3.42. The number of hydrogen-bond acceptors (Lipinski definition) is 4. The van der Waals surface area contributed by atoms with Crippen LogP contribution < -0.4 is 15.1 Å². The molecule has 7 nitrogen and oxygen atoms in total. The number of hydrogen-bond donors (Lipinski definition) is 1. The van der Waals surface area contributed by atoms with Crippen LogP contribution in [0, 0.1) is 5.82 Å². The molecule has 2 heterocycles. The maximum absolute atomic E-state index is 13.1. The minimum absolute atomic E-state index is 0.0384. The van der Waals surface area contributed by atoms with Gasteiger partial charge >= 0.3 is 6.03 Å². The number of rotatable bonds is 4. The Labute approximate surface area is 180 Å². The Balaban J connectivity index is 1.29. The van der Waals surface area contributed by atoms with Crippen molar-refractivity contribution in [2.24, 2.45) is 0 Å². The third-order valence-corrected chi connectivity index (χ3v) is 5.80. The summed E-state index contributed by atoms with van der Waals surface area (Å²) < 4.78 is 13.1. The Morgan fingerprint density at radius 2 is 1.55 bits per heavy atom. The van der Waals surface area contributed by atoms with Crippen molar-refractivity contribution in [3.05, 3.63) is 59.9 Å². The third kappa shape index (κ3) is 4.68. The van der Waals surface area contributed by atoms with Crippen LogP contribution in [0.4, 0.5) is 20.6 Å². The quantitative estimate of drug-likeness (QED) is 0.766. The van der Waals surface area contributed by atoms with E-state index in [4.69, 9.17) is 0 Å². The number of ketones is 1. The van der Waals surface area contributed by atoms with Gasteiger partial charge in [-0.1, -0.05) is 0 Å². The van der Waals surface area contributed by atoms with Crippen molar-refractivity contribution in [2.45, 2.75) is 19.4 Å². The van der Waals surface area contributed by atoms with Crippen molar-refractivity contribution in [3.8, 4) is 0 Å². The molecule has 2 aliphatic rings. The van der Waals surface area contributed by atoms with Crippen LogP contribution >= 0.6 is 0 Å². The minimum Gasteiger partial charge on any atom is -0.368 e. The number of halogens is 1. The lowest BCUT2D eigenvalue weighted by molar-refractivity contribution is -0.117. The largest absolute Gasteiger partial charge is 0.368 e. The normalized spacial score (nSPS) is 19.0. The molecule has 0 unspecified atom stereocenters. The zero-order valence-electron chi connectivity index (χ0n) is 17.4. The number of carbonyl (C=O) groups excluding carboxylic acids is 3. The summed E-state index contributed by atoms with van der Waals surface area (Å²) in [5.74, 6) is -0.402. The summed E-state index contributed by atoms with van der Waals surface area (Å²) in [5.41, 5.74) is 2.34. The topological polar surface area (TPSA) is 73.0 Å². The first-order valence-electron chi connectivity index (χ1n) is 10.4. The van der Waals surface area contributed by atoms with Gasteiger partial charge in [-0.2, -0.15) is 0 Å². The van der Waals surface area contributed by atoms with Crippen LogP contribution in [0.2, 0.25) is 0 Å². The van der Waals surface area contributed by atoms with E-state index in [2.05, 4.69) is 10.2 Å². The zero-order valence-corrected chi connectivity index (χ0v) is 17.4. The minimum atomic E-state index is -0.353. The van der Waals surface area contributed by atoms with E-state index < -0.39 is 0 Å². The number of amides is 3. The number of carbonyl (C=O) groups is 3. The van der Waals surface area contributed by atoms with E-state index in [1.54, 1.807) is 28.9 Å². The van der Waals surface area contributed by atoms with E-state index in [0.717, 1.165) is 5.69 Å². The van der Waals surface area contributed by atoms with Crippen LogP contribution in [0.3, 0.4) is 0 Å². The highest BCUT2D eigenvalue weighted by molar-refractivity contribution is 5.97. The predicted octanol–water partition coefficient (Wildman–Crippen LogP) is 2.67. The van der Waals surface area contributed by atoms with Gasteiger partial charge in [0.15, 0.2) is 5.78 Å². The molecule has 3 amide bonds. The molecule has 162 valence electrons. The van der Waals surface area contributed by atoms with E-state index in [0.29, 0.717) is 44.0 Å². The van der Waals surface area contributed by atoms with Crippen LogP contribution in [0.1, 0.15) is 23.7 Å². The van der Waals surface area contributed by atoms with Gasteiger partial charge in [-0.05, 0) is 55.5 Å². The molecule has 2 fully saturated rings. The van der Waals surface area contributed by atoms with Crippen molar-refractivity contribution < 1.29 is 18.8 Å². The molecule has 1 N–H and O–H groups in total. The number of benzene rings is 2. The first-order chi connectivity index (χ1) is 14.9. The molecular weight excluding hydrogens is 399 g/mol. The van der Waals surface area contributed by atoms with E-state index >= 15 is 0 Å². The number of piperazine rings is 1. The number of Topliss-reactive ketones (excluding diaryl/α,β-unsaturated/α-hetero) is 1. The summed E-state index contributed by atoms with van der Waals surface area (Å²) in [7, 11) is 0. The second kappa shape index (κ2) is 8.75. The second-order valence-corrected chi connectivity index (χ2v) is 7.91. The van der Waals surface area contributed by atoms with Gasteiger partial charge in [-0.15, -0.1) is 0 Å². The summed E-state index contributed by atoms with van der Waals surface area (Å²) in [4.78, 5) is 42.0. The summed E-state index contributed by atoms with van der Waals surface area (Å²) in [6.45, 7) is 4.45. The number of urea groups is 1. The lowest BCUT2D eigenvalue weighted by Gasteiger charge is -2.36. The zero-order chi connectivity index (χ0) is 22.0. The molecule has 1 atom stereocenters. The highest BCUT2D eigenvalue weighted by Gasteiger charge is 2.33. The molecule has 0 radical (unpaired) electrons. The first kappa shape index (κ1) is 20.8. The molecule has 0 aromatic heterocycles. The maximum Gasteiger partial charge on any atom is 0.317 e. The van der Waals surface area contributed by atoms with Crippen molar-refractivity contribution in [2.75, 3.05) is 42.5 Å². The maximum atomic E-state index is 13.1. The number of nitrogens with zero attached hydrogens (tertiary/aromatic N) is 3. The SMILES string of the molecule is CC(=O)c1ccc(N2CCN(C(=O)N[C@@H]3CC(=O)N(c4ccc(F)cc4)C3)CC2)cc1. The van der Waals surface area contributed by atoms with E-state index in [9.17, 15) is 18.8 Å². The highest BCUT2D eigenvalue weighted by Crippen LogP contribution is 2.22. The Kier molecular flexibility index (Phi) is 5.88. The molecule has 2 aliphatic heterocycles. The average molecular weight is 424 g/mol. The third-order valence-electron chi connectivity index (χ3n) is 5.80. The predicted molar refractivity (Wildman–Crippen MR) is 116 cm³/mol. The molecule has 4 rings (SSSR count). The smallest absolute Gasteiger partial charge is 0.317 e. The van der Waals surface area contributed by atoms with Crippen molar-refractivity contribution in [1.82, 2.24) is 10.2 Å². The van der Waals surface area contributed by atoms with Crippen molar-refractivity contribution in [3.63, 3.8) is 0 Å². The first-order valence-corrected chi connectivity index (χ1v) is 10.4. The fraction of sp³-hybridized carbons (Fsp3) is 0.348. The van der Waals surface area contributed by atoms with Gasteiger partial charge < -0.3 is 20.0 Å². The monoisotopic (exact) mass is 424 g/mol. The van der Waals surface area contributed by atoms with Crippen LogP contribution in [0.25, 0.3) is 0 Å². The van der Waals surface area contributed by atoms with Crippen molar-refractivity contribution >= 4 is 29.1 Å². The van der Waals surface area contributed by atoms with Gasteiger partial charge in [0.25, 0.3) is 0 Å². The fourth-order valence-electron chi connectivity index (χ4n) is 4.02. The van der Waals surface area contributed by atoms with Crippen LogP contribution in [0.15, 0.2) is 48.5 Å². The van der Waals surface area contributed by atoms with Gasteiger partial charge in [0.05, 0.1) is 6.04 Å². The Morgan fingerprint density at radius 3 is 2.16 bits per heavy atom. The second-order valence-electron chi connectivity index (χ2n) is 7.91. The fourth-order valence-corrected chi connectivity index (χ4v) is 4.02. The lowest BCUT2D eigenvalue weighted by atomic mass is 10.1. The van der Waals surface area contributed by atoms with E-state index in [1.165, 1.54) is 12.1 Å². The molecule has 0 bridgehead atoms. The average Bonchev–Trinajstić information content (AvgIpc) is 3.14. The molecule has 8 heteroatoms. The van der Waals surface area contributed by atoms with E-state index in [-0.39, 0.29) is 36.0 Å². The highest BCUT2D eigenvalue weighted by atomic mass is 19.1. The van der Waals surface area contributed by atoms with Crippen LogP contribution in [-0.4, -0.2) is 61.4 Å². The van der Waals surface area contributed by atoms with Crippen molar-refractivity contribution in [1.29, 1.82) is 0 Å². The van der Waals surface area contributed by atoms with Gasteiger partial charge in [-0.25, -0.2) is 9.18 Å². The Bertz CT molecular complexity index is 969. The van der Waals surface area contributed by atoms with Crippen LogP contribution in [-0.2, 0) is 4.79 Å². The Morgan fingerprint density at radius 1 is 0.935 bits per heavy atom. The summed E-state index contributed by atoms with van der Waals surface area (Å²) in [5, 5.41) is 2.96. The molecule has 31 heavy (non-hydrogen) atoms. The molecule has 0 aliphatic carbocycles. The number of anilines is 2. The molecule has 0 spiro atoms. The molecule has 2 saturated heterocycles. The van der Waals surface area contributed by atoms with Crippen LogP contribution in [0.5, 0.6) is 0 Å². The molecule has 2 aromatic carbocycles. The van der Waals surface area contributed by atoms with Gasteiger partial charge in [-0.3, -0.25) is 9.59 Å². The van der Waals surface area contributed by atoms with Gasteiger partial charge in [0.2, 0.25) is 5.91 Å². The lowest BCUT2D eigenvalue weighted by Crippen LogP contribution is -2.53. The summed E-state index contributed by atoms with van der Waals surface area (Å²) in [6, 6.07) is 12.8. The molecule has 2 aromatic rings. The molecular formula is C23H25FN4O3. The summed E-state index contributed by atoms with van der Waals surface area (Å²) >= 11 is 0. The summed E-state index contributed by atoms with van der Waals surface area (Å²) in [6.07, 6.45) is 0.228. The van der Waals surface area contributed by atoms with E-state index in [1.807, 2.05) is 24.3 Å². The standard InChI is InChI=1S/C23H25FN4O3/c1-16(29)17-2-6-20(7-3-17)26-10-12-27(13-11-26)23(31)25-19-14-22(30)28(15-19)21-8-4-18(24)5-9-21/h2-9,19H,10-15H2,1H3,(H,25,31)/t19-/m1/s1.